The summed E-state index contributed by atoms with van der Waals surface area (Å²) in [6.45, 7) is 7.07. The maximum absolute atomic E-state index is 12.4. The van der Waals surface area contributed by atoms with Gasteiger partial charge >= 0.3 is 0 Å². The van der Waals surface area contributed by atoms with Gasteiger partial charge in [-0.05, 0) is 37.5 Å². The van der Waals surface area contributed by atoms with Gasteiger partial charge in [-0.25, -0.2) is 8.42 Å². The Morgan fingerprint density at radius 3 is 2.18 bits per heavy atom. The molecule has 3 nitrogen and oxygen atoms in total. The van der Waals surface area contributed by atoms with Crippen molar-refractivity contribution in [2.45, 2.75) is 38.5 Å². The van der Waals surface area contributed by atoms with Crippen LogP contribution in [0.15, 0.2) is 29.2 Å². The second-order valence-corrected chi connectivity index (χ2v) is 6.16. The van der Waals surface area contributed by atoms with Gasteiger partial charge in [-0.1, -0.05) is 26.0 Å². The Bertz CT molecular complexity index is 448. The highest BCUT2D eigenvalue weighted by Gasteiger charge is 2.22. The van der Waals surface area contributed by atoms with Gasteiger partial charge in [0.2, 0.25) is 10.0 Å². The summed E-state index contributed by atoms with van der Waals surface area (Å²) in [5.41, 5.74) is 0.971. The summed E-state index contributed by atoms with van der Waals surface area (Å²) in [7, 11) is -3.31. The van der Waals surface area contributed by atoms with E-state index < -0.39 is 10.0 Å². The topological polar surface area (TPSA) is 37.4 Å². The van der Waals surface area contributed by atoms with Gasteiger partial charge in [0, 0.05) is 13.1 Å². The zero-order valence-electron chi connectivity index (χ0n) is 10.8. The third kappa shape index (κ3) is 3.54. The molecule has 0 aromatic heterocycles. The smallest absolute Gasteiger partial charge is 0.207 e. The molecule has 1 rings (SSSR count). The SMILES string of the molecule is CCCN(CCC)S(=O)(=O)c1cccc(C)c1. The maximum atomic E-state index is 12.4. The van der Waals surface area contributed by atoms with Crippen molar-refractivity contribution in [1.29, 1.82) is 0 Å². The number of aryl methyl sites for hydroxylation is 1. The first-order valence-electron chi connectivity index (χ1n) is 6.09. The predicted octanol–water partition coefficient (Wildman–Crippen LogP) is 2.81. The number of benzene rings is 1. The van der Waals surface area contributed by atoms with Gasteiger partial charge in [-0.15, -0.1) is 0 Å². The molecule has 1 aromatic carbocycles. The molecule has 0 saturated carbocycles. The summed E-state index contributed by atoms with van der Waals surface area (Å²) in [5, 5.41) is 0. The van der Waals surface area contributed by atoms with E-state index in [1.165, 1.54) is 0 Å². The second kappa shape index (κ2) is 6.17. The van der Waals surface area contributed by atoms with Gasteiger partial charge in [-0.2, -0.15) is 4.31 Å². The summed E-state index contributed by atoms with van der Waals surface area (Å²) in [6.07, 6.45) is 1.68. The van der Waals surface area contributed by atoms with Crippen LogP contribution in [0.3, 0.4) is 0 Å². The molecule has 0 heterocycles. The zero-order valence-corrected chi connectivity index (χ0v) is 11.6. The van der Waals surface area contributed by atoms with Crippen LogP contribution in [0.25, 0.3) is 0 Å². The van der Waals surface area contributed by atoms with Crippen molar-refractivity contribution in [2.75, 3.05) is 13.1 Å². The quantitative estimate of drug-likeness (QED) is 0.784. The molecule has 0 atom stereocenters. The Morgan fingerprint density at radius 1 is 1.12 bits per heavy atom. The molecule has 0 unspecified atom stereocenters. The lowest BCUT2D eigenvalue weighted by molar-refractivity contribution is 0.410. The van der Waals surface area contributed by atoms with Crippen molar-refractivity contribution >= 4 is 10.0 Å². The summed E-state index contributed by atoms with van der Waals surface area (Å²) in [6, 6.07) is 7.09. The van der Waals surface area contributed by atoms with Crippen LogP contribution in [0.2, 0.25) is 0 Å². The lowest BCUT2D eigenvalue weighted by atomic mass is 10.2. The Labute approximate surface area is 105 Å². The molecule has 0 aliphatic heterocycles. The standard InChI is InChI=1S/C13H21NO2S/c1-4-9-14(10-5-2)17(15,16)13-8-6-7-12(3)11-13/h6-8,11H,4-5,9-10H2,1-3H3. The van der Waals surface area contributed by atoms with Crippen LogP contribution in [0.5, 0.6) is 0 Å². The van der Waals surface area contributed by atoms with E-state index in [4.69, 9.17) is 0 Å². The van der Waals surface area contributed by atoms with E-state index in [1.807, 2.05) is 26.8 Å². The molecular weight excluding hydrogens is 234 g/mol. The van der Waals surface area contributed by atoms with Gasteiger partial charge in [0.05, 0.1) is 4.90 Å². The minimum absolute atomic E-state index is 0.402. The lowest BCUT2D eigenvalue weighted by Gasteiger charge is -2.21. The van der Waals surface area contributed by atoms with Gasteiger partial charge in [0.1, 0.15) is 0 Å². The molecule has 1 aromatic rings. The van der Waals surface area contributed by atoms with Crippen molar-refractivity contribution in [3.63, 3.8) is 0 Å². The van der Waals surface area contributed by atoms with E-state index in [0.29, 0.717) is 18.0 Å². The van der Waals surface area contributed by atoms with Crippen molar-refractivity contribution < 1.29 is 8.42 Å². The molecule has 0 N–H and O–H groups in total. The van der Waals surface area contributed by atoms with E-state index in [9.17, 15) is 8.42 Å². The van der Waals surface area contributed by atoms with E-state index in [0.717, 1.165) is 18.4 Å². The van der Waals surface area contributed by atoms with Crippen LogP contribution in [0, 0.1) is 6.92 Å². The van der Waals surface area contributed by atoms with Crippen LogP contribution in [0.4, 0.5) is 0 Å². The molecule has 0 radical (unpaired) electrons. The average molecular weight is 255 g/mol. The molecule has 0 spiro atoms. The van der Waals surface area contributed by atoms with E-state index in [2.05, 4.69) is 0 Å². The Hall–Kier alpha value is -0.870. The normalized spacial score (nSPS) is 12.0. The van der Waals surface area contributed by atoms with Crippen LogP contribution < -0.4 is 0 Å². The number of hydrogen-bond donors (Lipinski definition) is 0. The summed E-state index contributed by atoms with van der Waals surface area (Å²) < 4.78 is 26.4. The molecule has 0 amide bonds. The fourth-order valence-corrected chi connectivity index (χ4v) is 3.51. The molecule has 0 aliphatic rings. The van der Waals surface area contributed by atoms with E-state index in [-0.39, 0.29) is 0 Å². The van der Waals surface area contributed by atoms with Crippen molar-refractivity contribution in [2.24, 2.45) is 0 Å². The zero-order chi connectivity index (χ0) is 12.9. The number of rotatable bonds is 6. The molecule has 4 heteroatoms. The highest BCUT2D eigenvalue weighted by atomic mass is 32.2. The molecule has 17 heavy (non-hydrogen) atoms. The molecule has 0 aliphatic carbocycles. The molecule has 0 bridgehead atoms. The molecule has 96 valence electrons. The number of sulfonamides is 1. The maximum Gasteiger partial charge on any atom is 0.243 e. The van der Waals surface area contributed by atoms with Crippen LogP contribution in [-0.4, -0.2) is 25.8 Å². The Kier molecular flexibility index (Phi) is 5.15. The number of hydrogen-bond acceptors (Lipinski definition) is 2. The first-order valence-corrected chi connectivity index (χ1v) is 7.53. The Morgan fingerprint density at radius 2 is 1.71 bits per heavy atom. The van der Waals surface area contributed by atoms with Crippen molar-refractivity contribution in [3.05, 3.63) is 29.8 Å². The van der Waals surface area contributed by atoms with Crippen LogP contribution in [-0.2, 0) is 10.0 Å². The summed E-state index contributed by atoms with van der Waals surface area (Å²) in [4.78, 5) is 0.402. The monoisotopic (exact) mass is 255 g/mol. The minimum Gasteiger partial charge on any atom is -0.207 e. The second-order valence-electron chi connectivity index (χ2n) is 4.22. The first kappa shape index (κ1) is 14.2. The van der Waals surface area contributed by atoms with E-state index in [1.54, 1.807) is 22.5 Å². The average Bonchev–Trinajstić information content (AvgIpc) is 2.29. The predicted molar refractivity (Wildman–Crippen MR) is 70.5 cm³/mol. The lowest BCUT2D eigenvalue weighted by Crippen LogP contribution is -2.32. The highest BCUT2D eigenvalue weighted by molar-refractivity contribution is 7.89. The summed E-state index contributed by atoms with van der Waals surface area (Å²) >= 11 is 0. The minimum atomic E-state index is -3.31. The van der Waals surface area contributed by atoms with Gasteiger partial charge in [0.25, 0.3) is 0 Å². The van der Waals surface area contributed by atoms with Gasteiger partial charge in [-0.3, -0.25) is 0 Å². The highest BCUT2D eigenvalue weighted by Crippen LogP contribution is 2.17. The molecule has 0 saturated heterocycles. The third-order valence-corrected chi connectivity index (χ3v) is 4.47. The number of nitrogens with zero attached hydrogens (tertiary/aromatic N) is 1. The molecular formula is C13H21NO2S. The van der Waals surface area contributed by atoms with E-state index >= 15 is 0 Å². The van der Waals surface area contributed by atoms with Gasteiger partial charge < -0.3 is 0 Å². The largest absolute Gasteiger partial charge is 0.243 e. The fraction of sp³-hybridized carbons (Fsp3) is 0.538. The Balaban J connectivity index is 3.07. The van der Waals surface area contributed by atoms with Crippen LogP contribution >= 0.6 is 0 Å². The summed E-state index contributed by atoms with van der Waals surface area (Å²) in [5.74, 6) is 0. The van der Waals surface area contributed by atoms with Crippen molar-refractivity contribution in [1.82, 2.24) is 4.31 Å². The first-order chi connectivity index (χ1) is 8.02. The molecule has 0 fully saturated rings. The third-order valence-electron chi connectivity index (χ3n) is 2.57. The fourth-order valence-electron chi connectivity index (χ4n) is 1.78. The van der Waals surface area contributed by atoms with Crippen molar-refractivity contribution in [3.8, 4) is 0 Å². The van der Waals surface area contributed by atoms with Crippen LogP contribution in [0.1, 0.15) is 32.3 Å². The van der Waals surface area contributed by atoms with Gasteiger partial charge in [0.15, 0.2) is 0 Å².